The van der Waals surface area contributed by atoms with Gasteiger partial charge in [0.25, 0.3) is 0 Å². The number of esters is 2. The van der Waals surface area contributed by atoms with Crippen LogP contribution in [0.1, 0.15) is 39.0 Å². The predicted molar refractivity (Wildman–Crippen MR) is 70.7 cm³/mol. The number of nitrogens with zero attached hydrogens (tertiary/aromatic N) is 1. The molecule has 0 atom stereocenters. The summed E-state index contributed by atoms with van der Waals surface area (Å²) in [6, 6.07) is 0. The molecule has 1 heterocycles. The van der Waals surface area contributed by atoms with E-state index >= 15 is 0 Å². The lowest BCUT2D eigenvalue weighted by molar-refractivity contribution is -0.142. The maximum atomic E-state index is 13.4. The molecular formula is C12H10ClF5N2O4. The monoisotopic (exact) mass is 376 g/mol. The summed E-state index contributed by atoms with van der Waals surface area (Å²) in [6.07, 6.45) is -5.35. The van der Waals surface area contributed by atoms with Crippen LogP contribution in [0.4, 0.5) is 27.6 Å². The van der Waals surface area contributed by atoms with Crippen LogP contribution in [0.5, 0.6) is 0 Å². The fourth-order valence-electron chi connectivity index (χ4n) is 1.73. The van der Waals surface area contributed by atoms with Crippen LogP contribution in [0.25, 0.3) is 0 Å². The van der Waals surface area contributed by atoms with Crippen LogP contribution >= 0.6 is 11.6 Å². The second-order valence-corrected chi connectivity index (χ2v) is 4.65. The van der Waals surface area contributed by atoms with Gasteiger partial charge in [-0.25, -0.2) is 14.6 Å². The molecule has 1 aromatic heterocycles. The maximum Gasteiger partial charge on any atom is 0.434 e. The van der Waals surface area contributed by atoms with Crippen LogP contribution in [0.15, 0.2) is 0 Å². The molecule has 0 bridgehead atoms. The Kier molecular flexibility index (Phi) is 5.59. The van der Waals surface area contributed by atoms with Crippen LogP contribution in [-0.4, -0.2) is 30.6 Å². The standard InChI is InChI=1S/C12H10ClF5N2O4/c1-3-24-10(22)5-6(19)4(9(21)23-2)7(11(13,14)15)20-8(5)12(16,17)18/h3H2,1-2H3,(H2,19,20). The molecule has 0 aliphatic carbocycles. The minimum atomic E-state index is -5.35. The van der Waals surface area contributed by atoms with Crippen molar-refractivity contribution >= 4 is 29.2 Å². The minimum Gasteiger partial charge on any atom is -0.465 e. The number of alkyl halides is 6. The zero-order chi connectivity index (χ0) is 18.9. The van der Waals surface area contributed by atoms with Gasteiger partial charge in [0.15, 0.2) is 5.69 Å². The molecule has 1 aromatic rings. The number of hydrogen-bond acceptors (Lipinski definition) is 6. The van der Waals surface area contributed by atoms with Gasteiger partial charge in [0.05, 0.1) is 19.4 Å². The van der Waals surface area contributed by atoms with Gasteiger partial charge in [-0.3, -0.25) is 0 Å². The Labute approximate surface area is 136 Å². The number of carbonyl (C=O) groups is 2. The average Bonchev–Trinajstić information content (AvgIpc) is 2.43. The Morgan fingerprint density at radius 1 is 1.12 bits per heavy atom. The lowest BCUT2D eigenvalue weighted by Gasteiger charge is -2.20. The zero-order valence-electron chi connectivity index (χ0n) is 12.1. The van der Waals surface area contributed by atoms with Crippen molar-refractivity contribution in [1.82, 2.24) is 4.98 Å². The van der Waals surface area contributed by atoms with Crippen LogP contribution in [0.2, 0.25) is 0 Å². The summed E-state index contributed by atoms with van der Waals surface area (Å²) in [5, 5.41) is -4.48. The van der Waals surface area contributed by atoms with Crippen molar-refractivity contribution in [3.63, 3.8) is 0 Å². The number of ether oxygens (including phenoxy) is 2. The molecule has 0 fully saturated rings. The zero-order valence-corrected chi connectivity index (χ0v) is 12.9. The third-order valence-corrected chi connectivity index (χ3v) is 2.82. The number of nitrogens with two attached hydrogens (primary N) is 1. The fraction of sp³-hybridized carbons (Fsp3) is 0.417. The Morgan fingerprint density at radius 3 is 2.00 bits per heavy atom. The molecule has 0 unspecified atom stereocenters. The highest BCUT2D eigenvalue weighted by molar-refractivity contribution is 6.22. The topological polar surface area (TPSA) is 91.5 Å². The van der Waals surface area contributed by atoms with E-state index in [1.54, 1.807) is 0 Å². The van der Waals surface area contributed by atoms with E-state index in [0.29, 0.717) is 0 Å². The summed E-state index contributed by atoms with van der Waals surface area (Å²) in [5.74, 6) is -3.14. The Hall–Kier alpha value is -2.17. The molecule has 0 saturated carbocycles. The molecule has 12 heteroatoms. The largest absolute Gasteiger partial charge is 0.465 e. The van der Waals surface area contributed by atoms with Crippen molar-refractivity contribution in [3.05, 3.63) is 22.5 Å². The van der Waals surface area contributed by atoms with Crippen molar-refractivity contribution in [2.75, 3.05) is 19.5 Å². The second-order valence-electron chi connectivity index (χ2n) is 4.18. The van der Waals surface area contributed by atoms with Crippen LogP contribution in [0, 0.1) is 0 Å². The first-order chi connectivity index (χ1) is 10.9. The van der Waals surface area contributed by atoms with E-state index < -0.39 is 51.7 Å². The van der Waals surface area contributed by atoms with Gasteiger partial charge < -0.3 is 15.2 Å². The molecule has 1 rings (SSSR count). The summed E-state index contributed by atoms with van der Waals surface area (Å²) >= 11 is 4.71. The van der Waals surface area contributed by atoms with E-state index in [2.05, 4.69) is 14.5 Å². The maximum absolute atomic E-state index is 13.4. The number of hydrogen-bond donors (Lipinski definition) is 1. The third-order valence-electron chi connectivity index (χ3n) is 2.64. The number of methoxy groups -OCH3 is 1. The number of halogens is 6. The summed E-state index contributed by atoms with van der Waals surface area (Å²) in [6.45, 7) is 0.952. The van der Waals surface area contributed by atoms with Gasteiger partial charge in [0.1, 0.15) is 16.8 Å². The molecule has 0 saturated heterocycles. The minimum absolute atomic E-state index is 0.337. The fourth-order valence-corrected chi connectivity index (χ4v) is 1.87. The number of pyridine rings is 1. The highest BCUT2D eigenvalue weighted by Crippen LogP contribution is 2.41. The number of carbonyl (C=O) groups excluding carboxylic acids is 2. The van der Waals surface area contributed by atoms with E-state index in [1.165, 1.54) is 6.92 Å². The van der Waals surface area contributed by atoms with Gasteiger partial charge in [0.2, 0.25) is 0 Å². The van der Waals surface area contributed by atoms with E-state index in [4.69, 9.17) is 17.3 Å². The molecule has 0 aliphatic heterocycles. The van der Waals surface area contributed by atoms with Crippen molar-refractivity contribution in [2.24, 2.45) is 0 Å². The summed E-state index contributed by atoms with van der Waals surface area (Å²) in [7, 11) is 0.764. The summed E-state index contributed by atoms with van der Waals surface area (Å²) < 4.78 is 74.6. The van der Waals surface area contributed by atoms with Gasteiger partial charge in [-0.2, -0.15) is 22.0 Å². The normalized spacial score (nSPS) is 12.0. The summed E-state index contributed by atoms with van der Waals surface area (Å²) in [5.41, 5.74) is -2.35. The van der Waals surface area contributed by atoms with Gasteiger partial charge in [-0.15, -0.1) is 0 Å². The van der Waals surface area contributed by atoms with E-state index in [0.717, 1.165) is 7.11 Å². The van der Waals surface area contributed by atoms with Crippen LogP contribution in [0.3, 0.4) is 0 Å². The highest BCUT2D eigenvalue weighted by Gasteiger charge is 2.46. The van der Waals surface area contributed by atoms with E-state index in [1.807, 2.05) is 0 Å². The van der Waals surface area contributed by atoms with Crippen molar-refractivity contribution in [3.8, 4) is 0 Å². The lowest BCUT2D eigenvalue weighted by atomic mass is 10.0. The number of anilines is 1. The molecule has 6 nitrogen and oxygen atoms in total. The van der Waals surface area contributed by atoms with E-state index in [9.17, 15) is 31.5 Å². The Balaban J connectivity index is 3.95. The van der Waals surface area contributed by atoms with E-state index in [-0.39, 0.29) is 6.61 Å². The lowest BCUT2D eigenvalue weighted by Crippen LogP contribution is -2.26. The number of nitrogen functional groups attached to an aromatic ring is 1. The molecule has 0 aliphatic rings. The molecule has 0 radical (unpaired) electrons. The molecule has 0 aromatic carbocycles. The average molecular weight is 377 g/mol. The van der Waals surface area contributed by atoms with Crippen molar-refractivity contribution in [1.29, 1.82) is 0 Å². The SMILES string of the molecule is CCOC(=O)c1c(C(F)(F)F)nc(C(F)(F)Cl)c(C(=O)OC)c1N. The van der Waals surface area contributed by atoms with Gasteiger partial charge in [-0.1, -0.05) is 0 Å². The van der Waals surface area contributed by atoms with Crippen molar-refractivity contribution in [2.45, 2.75) is 18.5 Å². The molecular weight excluding hydrogens is 367 g/mol. The number of rotatable bonds is 4. The predicted octanol–water partition coefficient (Wildman–Crippen LogP) is 2.93. The second kappa shape index (κ2) is 6.75. The molecule has 0 amide bonds. The first kappa shape index (κ1) is 19.9. The smallest absolute Gasteiger partial charge is 0.434 e. The Morgan fingerprint density at radius 2 is 1.62 bits per heavy atom. The molecule has 0 spiro atoms. The van der Waals surface area contributed by atoms with Crippen molar-refractivity contribution < 1.29 is 41.0 Å². The molecule has 134 valence electrons. The highest BCUT2D eigenvalue weighted by atomic mass is 35.5. The Bertz CT molecular complexity index is 673. The molecule has 24 heavy (non-hydrogen) atoms. The summed E-state index contributed by atoms with van der Waals surface area (Å²) in [4.78, 5) is 26.0. The first-order valence-electron chi connectivity index (χ1n) is 6.09. The van der Waals surface area contributed by atoms with Crippen LogP contribution in [-0.2, 0) is 21.0 Å². The van der Waals surface area contributed by atoms with Gasteiger partial charge >= 0.3 is 23.5 Å². The third kappa shape index (κ3) is 3.83. The first-order valence-corrected chi connectivity index (χ1v) is 6.47. The van der Waals surface area contributed by atoms with Crippen LogP contribution < -0.4 is 5.73 Å². The number of aromatic nitrogens is 1. The van der Waals surface area contributed by atoms with Gasteiger partial charge in [0, 0.05) is 0 Å². The quantitative estimate of drug-likeness (QED) is 0.493. The molecule has 2 N–H and O–H groups in total. The van der Waals surface area contributed by atoms with Gasteiger partial charge in [-0.05, 0) is 18.5 Å².